The average molecular weight is 1040 g/mol. The Labute approximate surface area is 405 Å². The topological polar surface area (TPSA) is 50.9 Å². The molecule has 8 aromatic rings. The quantitative estimate of drug-likeness (QED) is 0.147. The molecule has 0 saturated heterocycles. The Hall–Kier alpha value is -5.57. The van der Waals surface area contributed by atoms with E-state index in [-0.39, 0.29) is 43.1 Å². The summed E-state index contributed by atoms with van der Waals surface area (Å²) >= 11 is 0. The van der Waals surface area contributed by atoms with Crippen LogP contribution in [0.2, 0.25) is 0 Å². The first kappa shape index (κ1) is 44.6. The van der Waals surface area contributed by atoms with Crippen molar-refractivity contribution in [1.29, 1.82) is 0 Å². The van der Waals surface area contributed by atoms with Crippen molar-refractivity contribution in [2.24, 2.45) is 5.41 Å². The van der Waals surface area contributed by atoms with Crippen LogP contribution in [-0.2, 0) is 31.9 Å². The molecule has 0 aliphatic rings. The molecule has 0 atom stereocenters. The Bertz CT molecular complexity index is 3100. The van der Waals surface area contributed by atoms with Crippen LogP contribution in [0.1, 0.15) is 125 Å². The van der Waals surface area contributed by atoms with E-state index in [0.29, 0.717) is 22.5 Å². The van der Waals surface area contributed by atoms with Crippen LogP contribution in [0.5, 0.6) is 5.75 Å². The molecule has 336 valence electrons. The van der Waals surface area contributed by atoms with Crippen molar-refractivity contribution in [2.45, 2.75) is 113 Å². The first-order chi connectivity index (χ1) is 30.8. The van der Waals surface area contributed by atoms with Crippen molar-refractivity contribution in [3.63, 3.8) is 0 Å². The maximum atomic E-state index is 12.4. The maximum Gasteiger partial charge on any atom is 0.148 e. The SMILES string of the molecule is [2H]C(C)(C)c1cc(-c2nc3c(-c4[c-]c(-c5cc(-c6ccc(C)cc6)ccn5)cc(C(C)(C)C)c4)cccc3n2-c2ccc(C(C)(C)C(C)(C)C)cc2-c2ccccc2)c(O)c(C([2H])(C)C)c1.[Pt]. The monoisotopic (exact) mass is 1040 g/mol. The third kappa shape index (κ3) is 9.17. The summed E-state index contributed by atoms with van der Waals surface area (Å²) < 4.78 is 20.6. The van der Waals surface area contributed by atoms with Crippen LogP contribution in [0.3, 0.4) is 0 Å². The summed E-state index contributed by atoms with van der Waals surface area (Å²) in [7, 11) is 0. The van der Waals surface area contributed by atoms with Gasteiger partial charge in [-0.1, -0.05) is 185 Å². The van der Waals surface area contributed by atoms with Crippen LogP contribution in [0.4, 0.5) is 0 Å². The van der Waals surface area contributed by atoms with E-state index in [9.17, 15) is 7.85 Å². The smallest absolute Gasteiger partial charge is 0.148 e. The predicted octanol–water partition coefficient (Wildman–Crippen LogP) is 16.4. The van der Waals surface area contributed by atoms with Gasteiger partial charge in [-0.15, -0.1) is 29.3 Å². The minimum atomic E-state index is -1.17. The number of nitrogens with zero attached hydrogens (tertiary/aromatic N) is 3. The number of aromatic nitrogens is 3. The van der Waals surface area contributed by atoms with E-state index >= 15 is 0 Å². The number of benzene rings is 6. The number of fused-ring (bicyclic) bond motifs is 1. The van der Waals surface area contributed by atoms with Gasteiger partial charge in [-0.2, -0.15) is 0 Å². The van der Waals surface area contributed by atoms with E-state index in [1.165, 1.54) is 11.1 Å². The van der Waals surface area contributed by atoms with Gasteiger partial charge in [-0.25, -0.2) is 4.98 Å². The molecule has 0 amide bonds. The van der Waals surface area contributed by atoms with Gasteiger partial charge in [-0.3, -0.25) is 9.55 Å². The zero-order valence-electron chi connectivity index (χ0n) is 42.3. The van der Waals surface area contributed by atoms with Gasteiger partial charge in [0.15, 0.2) is 0 Å². The molecule has 8 rings (SSSR count). The van der Waals surface area contributed by atoms with Gasteiger partial charge in [-0.05, 0) is 98.7 Å². The molecule has 4 nitrogen and oxygen atoms in total. The molecule has 6 aromatic carbocycles. The van der Waals surface area contributed by atoms with Gasteiger partial charge in [0.25, 0.3) is 0 Å². The number of para-hydroxylation sites is 1. The van der Waals surface area contributed by atoms with Gasteiger partial charge in [0.2, 0.25) is 0 Å². The Morgan fingerprint density at radius 2 is 1.32 bits per heavy atom. The fraction of sp³-hybridized carbons (Fsp3) is 0.300. The average Bonchev–Trinajstić information content (AvgIpc) is 3.64. The van der Waals surface area contributed by atoms with Gasteiger partial charge in [0.1, 0.15) is 11.6 Å². The Morgan fingerprint density at radius 1 is 0.631 bits per heavy atom. The van der Waals surface area contributed by atoms with Crippen LogP contribution in [0, 0.1) is 18.4 Å². The number of rotatable bonds is 9. The van der Waals surface area contributed by atoms with Gasteiger partial charge in [0, 0.05) is 41.3 Å². The summed E-state index contributed by atoms with van der Waals surface area (Å²) in [6, 6.07) is 48.2. The summed E-state index contributed by atoms with van der Waals surface area (Å²) in [6.07, 6.45) is 1.87. The second-order valence-electron chi connectivity index (χ2n) is 20.6. The second-order valence-corrected chi connectivity index (χ2v) is 20.6. The molecule has 0 unspecified atom stereocenters. The summed E-state index contributed by atoms with van der Waals surface area (Å²) in [4.78, 5) is 10.5. The number of aromatic hydroxyl groups is 1. The molecule has 0 bridgehead atoms. The molecule has 0 aliphatic heterocycles. The molecule has 0 spiro atoms. The molecule has 1 N–H and O–H groups in total. The van der Waals surface area contributed by atoms with Crippen LogP contribution in [-0.4, -0.2) is 19.6 Å². The van der Waals surface area contributed by atoms with Crippen molar-refractivity contribution in [3.8, 4) is 67.5 Å². The van der Waals surface area contributed by atoms with E-state index in [2.05, 4.69) is 182 Å². The van der Waals surface area contributed by atoms with Gasteiger partial charge in [0.05, 0.1) is 22.3 Å². The first-order valence-corrected chi connectivity index (χ1v) is 22.5. The molecular formula is C60H64N3OPt-. The van der Waals surface area contributed by atoms with Crippen LogP contribution >= 0.6 is 0 Å². The predicted molar refractivity (Wildman–Crippen MR) is 271 cm³/mol. The number of aryl methyl sites for hydroxylation is 1. The van der Waals surface area contributed by atoms with E-state index in [0.717, 1.165) is 66.9 Å². The minimum Gasteiger partial charge on any atom is -0.507 e. The maximum absolute atomic E-state index is 12.4. The number of hydrogen-bond donors (Lipinski definition) is 1. The van der Waals surface area contributed by atoms with E-state index in [1.54, 1.807) is 13.8 Å². The van der Waals surface area contributed by atoms with Crippen LogP contribution in [0.15, 0.2) is 134 Å². The van der Waals surface area contributed by atoms with Crippen molar-refractivity contribution in [3.05, 3.63) is 167 Å². The molecule has 65 heavy (non-hydrogen) atoms. The van der Waals surface area contributed by atoms with Crippen LogP contribution in [0.25, 0.3) is 72.7 Å². The molecule has 5 heteroatoms. The second kappa shape index (κ2) is 18.0. The molecular weight excluding hydrogens is 974 g/mol. The molecule has 0 fully saturated rings. The fourth-order valence-electron chi connectivity index (χ4n) is 8.41. The zero-order valence-corrected chi connectivity index (χ0v) is 42.6. The fourth-order valence-corrected chi connectivity index (χ4v) is 8.41. The van der Waals surface area contributed by atoms with Crippen molar-refractivity contribution >= 4 is 11.0 Å². The van der Waals surface area contributed by atoms with E-state index in [4.69, 9.17) is 9.97 Å². The normalized spacial score (nSPS) is 13.1. The van der Waals surface area contributed by atoms with Crippen molar-refractivity contribution < 1.29 is 28.9 Å². The third-order valence-corrected chi connectivity index (χ3v) is 13.5. The standard InChI is InChI=1S/C60H64N3O.Pt/c1-37(2)43-33-49(38(3)4)56(64)51(34-43)57-62-55-48(44-30-45(32-47(31-44)58(6,7)8)52-35-42(28-29-61-52)40-24-22-39(5)23-25-40)20-17-21-54(55)63(57)53-27-26-46(60(12,13)59(9,10)11)36-50(53)41-18-15-14-16-19-41;/h14-29,31-38,64H,1-13H3;/q-1;/i37D,38D;. The van der Waals surface area contributed by atoms with Crippen molar-refractivity contribution in [1.82, 2.24) is 14.5 Å². The number of phenols is 1. The summed E-state index contributed by atoms with van der Waals surface area (Å²) in [5.74, 6) is -1.69. The minimum absolute atomic E-state index is 0. The van der Waals surface area contributed by atoms with Gasteiger partial charge >= 0.3 is 0 Å². The molecule has 0 saturated carbocycles. The zero-order chi connectivity index (χ0) is 47.7. The van der Waals surface area contributed by atoms with Gasteiger partial charge < -0.3 is 5.11 Å². The van der Waals surface area contributed by atoms with E-state index in [1.807, 2.05) is 38.2 Å². The third-order valence-electron chi connectivity index (χ3n) is 13.5. The Kier molecular flexibility index (Phi) is 12.4. The summed E-state index contributed by atoms with van der Waals surface area (Å²) in [6.45, 7) is 27.5. The largest absolute Gasteiger partial charge is 0.507 e. The molecule has 0 radical (unpaired) electrons. The summed E-state index contributed by atoms with van der Waals surface area (Å²) in [5.41, 5.74) is 15.0. The Balaban J connectivity index is 0.00000666. The molecule has 2 aromatic heterocycles. The Morgan fingerprint density at radius 3 is 1.97 bits per heavy atom. The number of pyridine rings is 1. The summed E-state index contributed by atoms with van der Waals surface area (Å²) in [5, 5.41) is 12.4. The van der Waals surface area contributed by atoms with Crippen LogP contribution < -0.4 is 0 Å². The molecule has 0 aliphatic carbocycles. The molecule has 2 heterocycles. The van der Waals surface area contributed by atoms with Crippen molar-refractivity contribution in [2.75, 3.05) is 0 Å². The van der Waals surface area contributed by atoms with E-state index < -0.39 is 11.8 Å². The number of imidazole rings is 1. The first-order valence-electron chi connectivity index (χ1n) is 23.5. The number of hydrogen-bond acceptors (Lipinski definition) is 3. The number of phenolic OH excluding ortho intramolecular Hbond substituents is 1.